The molecule has 0 aromatic heterocycles. The van der Waals surface area contributed by atoms with Crippen molar-refractivity contribution in [2.75, 3.05) is 26.2 Å². The molecule has 2 nitrogen and oxygen atoms in total. The topological polar surface area (TPSA) is 6.48 Å². The van der Waals surface area contributed by atoms with Gasteiger partial charge in [0, 0.05) is 38.1 Å². The Bertz CT molecular complexity index is 849. The predicted molar refractivity (Wildman–Crippen MR) is 136 cm³/mol. The van der Waals surface area contributed by atoms with Crippen molar-refractivity contribution in [2.45, 2.75) is 45.2 Å². The van der Waals surface area contributed by atoms with E-state index in [0.29, 0.717) is 0 Å². The van der Waals surface area contributed by atoms with Crippen molar-refractivity contribution in [1.82, 2.24) is 9.80 Å². The average molecular weight is 460 g/mol. The van der Waals surface area contributed by atoms with E-state index in [1.54, 1.807) is 5.57 Å². The lowest BCUT2D eigenvalue weighted by Gasteiger charge is -2.21. The van der Waals surface area contributed by atoms with Crippen molar-refractivity contribution >= 4 is 30.4 Å². The lowest BCUT2D eigenvalue weighted by atomic mass is 9.90. The van der Waals surface area contributed by atoms with Gasteiger partial charge in [0.2, 0.25) is 0 Å². The third kappa shape index (κ3) is 5.54. The number of hydrogen-bond donors (Lipinski definition) is 0. The van der Waals surface area contributed by atoms with Gasteiger partial charge < -0.3 is 4.90 Å². The number of fused-ring (bicyclic) bond motifs is 1. The van der Waals surface area contributed by atoms with E-state index in [9.17, 15) is 0 Å². The molecule has 4 heteroatoms. The van der Waals surface area contributed by atoms with E-state index in [1.165, 1.54) is 68.6 Å². The molecule has 3 atom stereocenters. The summed E-state index contributed by atoms with van der Waals surface area (Å²) >= 11 is 0. The lowest BCUT2D eigenvalue weighted by Crippen LogP contribution is -2.28. The average Bonchev–Trinajstić information content (AvgIpc) is 3.44. The third-order valence-electron chi connectivity index (χ3n) is 7.47. The van der Waals surface area contributed by atoms with Gasteiger partial charge in [-0.15, -0.1) is 24.8 Å². The first-order valence-electron chi connectivity index (χ1n) is 11.6. The molecule has 2 aromatic rings. The van der Waals surface area contributed by atoms with Crippen LogP contribution < -0.4 is 0 Å². The van der Waals surface area contributed by atoms with Crippen molar-refractivity contribution in [3.63, 3.8) is 0 Å². The summed E-state index contributed by atoms with van der Waals surface area (Å²) in [5.74, 6) is 1.53. The Labute approximate surface area is 200 Å². The molecule has 0 bridgehead atoms. The summed E-state index contributed by atoms with van der Waals surface area (Å²) in [6.07, 6.45) is 7.70. The summed E-state index contributed by atoms with van der Waals surface area (Å²) in [7, 11) is 0. The standard InChI is InChI=1S/C27H34N2.2ClH/c1-21-6-5-16-29(21)17-15-22-9-11-24(12-10-22)26-14-13-25-19-28(20-27(25)26)18-23-7-3-2-4-8-23;;/h2-4,7-12,14,21,25,27H,5-6,13,15-20H2,1H3;2*1H/t21-,25?,27+;;/m0../s1. The molecule has 0 radical (unpaired) electrons. The maximum Gasteiger partial charge on any atom is 0.0234 e. The number of rotatable bonds is 6. The Kier molecular flexibility index (Phi) is 8.64. The minimum Gasteiger partial charge on any atom is -0.300 e. The predicted octanol–water partition coefficient (Wildman–Crippen LogP) is 6.09. The molecule has 2 saturated heterocycles. The lowest BCUT2D eigenvalue weighted by molar-refractivity contribution is 0.272. The molecule has 168 valence electrons. The molecule has 2 fully saturated rings. The van der Waals surface area contributed by atoms with Gasteiger partial charge in [-0.1, -0.05) is 60.7 Å². The molecule has 5 rings (SSSR count). The molecular weight excluding hydrogens is 423 g/mol. The molecule has 2 aliphatic heterocycles. The van der Waals surface area contributed by atoms with E-state index in [4.69, 9.17) is 0 Å². The van der Waals surface area contributed by atoms with E-state index in [2.05, 4.69) is 77.4 Å². The van der Waals surface area contributed by atoms with E-state index >= 15 is 0 Å². The Morgan fingerprint density at radius 2 is 1.68 bits per heavy atom. The van der Waals surface area contributed by atoms with Crippen LogP contribution in [0, 0.1) is 11.8 Å². The second kappa shape index (κ2) is 11.0. The van der Waals surface area contributed by atoms with Crippen LogP contribution in [0.25, 0.3) is 5.57 Å². The van der Waals surface area contributed by atoms with Crippen molar-refractivity contribution < 1.29 is 0 Å². The van der Waals surface area contributed by atoms with E-state index in [1.807, 2.05) is 0 Å². The van der Waals surface area contributed by atoms with E-state index in [-0.39, 0.29) is 24.8 Å². The SMILES string of the molecule is C[C@H]1CCCN1CCc1ccc(C2=CCC3CN(Cc4ccccc4)C[C@@H]23)cc1.Cl.Cl. The van der Waals surface area contributed by atoms with Crippen LogP contribution in [0.4, 0.5) is 0 Å². The van der Waals surface area contributed by atoms with Crippen molar-refractivity contribution in [2.24, 2.45) is 11.8 Å². The zero-order valence-corrected chi connectivity index (χ0v) is 20.2. The monoisotopic (exact) mass is 458 g/mol. The summed E-state index contributed by atoms with van der Waals surface area (Å²) < 4.78 is 0. The van der Waals surface area contributed by atoms with Crippen molar-refractivity contribution in [3.8, 4) is 0 Å². The highest BCUT2D eigenvalue weighted by Gasteiger charge is 2.38. The second-order valence-corrected chi connectivity index (χ2v) is 9.42. The first kappa shape index (κ1) is 24.3. The van der Waals surface area contributed by atoms with Gasteiger partial charge in [-0.05, 0) is 67.3 Å². The molecular formula is C27H36Cl2N2. The summed E-state index contributed by atoms with van der Waals surface area (Å²) in [6.45, 7) is 8.42. The Morgan fingerprint density at radius 1 is 0.903 bits per heavy atom. The van der Waals surface area contributed by atoms with Gasteiger partial charge in [0.15, 0.2) is 0 Å². The number of likely N-dealkylation sites (tertiary alicyclic amines) is 2. The molecule has 1 aliphatic carbocycles. The van der Waals surface area contributed by atoms with E-state index < -0.39 is 0 Å². The fraction of sp³-hybridized carbons (Fsp3) is 0.481. The van der Waals surface area contributed by atoms with Gasteiger partial charge in [0.1, 0.15) is 0 Å². The molecule has 0 N–H and O–H groups in total. The van der Waals surface area contributed by atoms with Gasteiger partial charge in [-0.3, -0.25) is 4.90 Å². The first-order chi connectivity index (χ1) is 14.3. The zero-order valence-electron chi connectivity index (χ0n) is 18.6. The second-order valence-electron chi connectivity index (χ2n) is 9.42. The number of halogens is 2. The van der Waals surface area contributed by atoms with Crippen LogP contribution in [0.2, 0.25) is 0 Å². The van der Waals surface area contributed by atoms with Crippen LogP contribution in [-0.4, -0.2) is 42.0 Å². The van der Waals surface area contributed by atoms with Crippen LogP contribution in [0.15, 0.2) is 60.7 Å². The Morgan fingerprint density at radius 3 is 2.39 bits per heavy atom. The summed E-state index contributed by atoms with van der Waals surface area (Å²) in [5.41, 5.74) is 5.98. The third-order valence-corrected chi connectivity index (χ3v) is 7.47. The summed E-state index contributed by atoms with van der Waals surface area (Å²) in [4.78, 5) is 5.31. The minimum atomic E-state index is 0. The maximum atomic E-state index is 2.66. The van der Waals surface area contributed by atoms with Gasteiger partial charge in [0.05, 0.1) is 0 Å². The first-order valence-corrected chi connectivity index (χ1v) is 11.6. The van der Waals surface area contributed by atoms with Gasteiger partial charge in [-0.25, -0.2) is 0 Å². The number of hydrogen-bond acceptors (Lipinski definition) is 2. The van der Waals surface area contributed by atoms with Crippen LogP contribution in [0.1, 0.15) is 42.9 Å². The van der Waals surface area contributed by atoms with E-state index in [0.717, 1.165) is 24.4 Å². The van der Waals surface area contributed by atoms with Crippen molar-refractivity contribution in [3.05, 3.63) is 77.4 Å². The highest BCUT2D eigenvalue weighted by molar-refractivity contribution is 5.85. The highest BCUT2D eigenvalue weighted by Crippen LogP contribution is 2.43. The molecule has 2 heterocycles. The van der Waals surface area contributed by atoms with Gasteiger partial charge in [-0.2, -0.15) is 0 Å². The number of benzene rings is 2. The number of nitrogens with zero attached hydrogens (tertiary/aromatic N) is 2. The van der Waals surface area contributed by atoms with Gasteiger partial charge in [0.25, 0.3) is 0 Å². The molecule has 0 saturated carbocycles. The van der Waals surface area contributed by atoms with Crippen LogP contribution in [0.5, 0.6) is 0 Å². The van der Waals surface area contributed by atoms with Crippen LogP contribution in [-0.2, 0) is 13.0 Å². The van der Waals surface area contributed by atoms with Gasteiger partial charge >= 0.3 is 0 Å². The minimum absolute atomic E-state index is 0. The molecule has 31 heavy (non-hydrogen) atoms. The maximum absolute atomic E-state index is 2.66. The summed E-state index contributed by atoms with van der Waals surface area (Å²) in [5, 5.41) is 0. The fourth-order valence-electron chi connectivity index (χ4n) is 5.75. The normalized spacial score (nSPS) is 25.6. The Hall–Kier alpha value is -1.32. The van der Waals surface area contributed by atoms with Crippen molar-refractivity contribution in [1.29, 1.82) is 0 Å². The molecule has 0 amide bonds. The molecule has 0 spiro atoms. The van der Waals surface area contributed by atoms with Crippen LogP contribution >= 0.6 is 24.8 Å². The molecule has 3 aliphatic rings. The largest absolute Gasteiger partial charge is 0.300 e. The Balaban J connectivity index is 0.00000136. The smallest absolute Gasteiger partial charge is 0.0234 e. The summed E-state index contributed by atoms with van der Waals surface area (Å²) in [6, 6.07) is 21.2. The fourth-order valence-corrected chi connectivity index (χ4v) is 5.75. The highest BCUT2D eigenvalue weighted by atomic mass is 35.5. The van der Waals surface area contributed by atoms with Crippen LogP contribution in [0.3, 0.4) is 0 Å². The molecule has 2 aromatic carbocycles. The zero-order chi connectivity index (χ0) is 19.6. The number of allylic oxidation sites excluding steroid dienone is 1. The quantitative estimate of drug-likeness (QED) is 0.516. The molecule has 1 unspecified atom stereocenters.